The fraction of sp³-hybridized carbons (Fsp3) is 0.538. The predicted octanol–water partition coefficient (Wildman–Crippen LogP) is 7.04. The van der Waals surface area contributed by atoms with Crippen molar-refractivity contribution in [1.29, 1.82) is 0 Å². The minimum absolute atomic E-state index is 0.160. The smallest absolute Gasteiger partial charge is 0.0656 e. The molecule has 0 unspecified atom stereocenters. The van der Waals surface area contributed by atoms with Crippen LogP contribution in [-0.4, -0.2) is 16.1 Å². The van der Waals surface area contributed by atoms with Gasteiger partial charge < -0.3 is 0 Å². The summed E-state index contributed by atoms with van der Waals surface area (Å²) in [7, 11) is -2.80. The minimum Gasteiger partial charge on any atom is -0.0656 e. The van der Waals surface area contributed by atoms with Crippen molar-refractivity contribution in [3.8, 4) is 11.1 Å². The Morgan fingerprint density at radius 2 is 0.750 bits per heavy atom. The second-order valence-corrected chi connectivity index (χ2v) is 22.8. The maximum absolute atomic E-state index is 2.48. The molecular formula is C26H42Si2. The van der Waals surface area contributed by atoms with Gasteiger partial charge in [-0.1, -0.05) is 128 Å². The topological polar surface area (TPSA) is 0 Å². The summed E-state index contributed by atoms with van der Waals surface area (Å²) in [5, 5.41) is 3.12. The van der Waals surface area contributed by atoms with Crippen LogP contribution in [-0.2, 0) is 10.8 Å². The number of hydrogen-bond donors (Lipinski definition) is 0. The second-order valence-electron chi connectivity index (χ2n) is 12.6. The molecule has 0 saturated heterocycles. The van der Waals surface area contributed by atoms with E-state index in [4.69, 9.17) is 0 Å². The van der Waals surface area contributed by atoms with Gasteiger partial charge in [-0.15, -0.1) is 0 Å². The first-order chi connectivity index (χ1) is 12.4. The maximum atomic E-state index is 2.48. The molecule has 0 fully saturated rings. The summed E-state index contributed by atoms with van der Waals surface area (Å²) in [5.74, 6) is 0. The third-order valence-corrected chi connectivity index (χ3v) is 9.70. The zero-order valence-corrected chi connectivity index (χ0v) is 22.5. The van der Waals surface area contributed by atoms with Gasteiger partial charge in [0.05, 0.1) is 16.1 Å². The number of benzene rings is 2. The Kier molecular flexibility index (Phi) is 6.03. The Morgan fingerprint density at radius 1 is 0.464 bits per heavy atom. The Hall–Kier alpha value is -1.13. The molecule has 0 aliphatic rings. The summed E-state index contributed by atoms with van der Waals surface area (Å²) in [6.45, 7) is 28.7. The van der Waals surface area contributed by atoms with Gasteiger partial charge in [0.15, 0.2) is 0 Å². The molecule has 0 spiro atoms. The highest BCUT2D eigenvalue weighted by molar-refractivity contribution is 6.89. The maximum Gasteiger partial charge on any atom is 0.0776 e. The molecule has 0 radical (unpaired) electrons. The fourth-order valence-electron chi connectivity index (χ4n) is 3.32. The summed E-state index contributed by atoms with van der Waals surface area (Å²) in [5.41, 5.74) is 6.03. The van der Waals surface area contributed by atoms with Gasteiger partial charge in [-0.05, 0) is 33.1 Å². The number of rotatable bonds is 3. The summed E-state index contributed by atoms with van der Waals surface area (Å²) >= 11 is 0. The number of hydrogen-bond acceptors (Lipinski definition) is 0. The van der Waals surface area contributed by atoms with E-state index in [-0.39, 0.29) is 10.8 Å². The van der Waals surface area contributed by atoms with Gasteiger partial charge in [0.2, 0.25) is 0 Å². The zero-order chi connectivity index (χ0) is 21.7. The molecule has 154 valence electrons. The summed E-state index contributed by atoms with van der Waals surface area (Å²) in [6, 6.07) is 14.8. The van der Waals surface area contributed by atoms with Crippen molar-refractivity contribution in [1.82, 2.24) is 0 Å². The molecule has 0 aliphatic carbocycles. The van der Waals surface area contributed by atoms with Gasteiger partial charge in [0.25, 0.3) is 0 Å². The van der Waals surface area contributed by atoms with E-state index in [0.717, 1.165) is 0 Å². The third kappa shape index (κ3) is 5.48. The zero-order valence-electron chi connectivity index (χ0n) is 20.5. The highest BCUT2D eigenvalue weighted by Crippen LogP contribution is 2.31. The van der Waals surface area contributed by atoms with Crippen molar-refractivity contribution in [3.05, 3.63) is 47.5 Å². The molecule has 2 aromatic carbocycles. The van der Waals surface area contributed by atoms with Gasteiger partial charge in [0, 0.05) is 0 Å². The third-order valence-electron chi connectivity index (χ3n) is 5.66. The summed E-state index contributed by atoms with van der Waals surface area (Å²) < 4.78 is 0. The largest absolute Gasteiger partial charge is 0.0776 e. The van der Waals surface area contributed by atoms with Gasteiger partial charge >= 0.3 is 0 Å². The van der Waals surface area contributed by atoms with Crippen LogP contribution < -0.4 is 10.4 Å². The lowest BCUT2D eigenvalue weighted by atomic mass is 9.83. The molecule has 0 saturated carbocycles. The van der Waals surface area contributed by atoms with Crippen molar-refractivity contribution in [2.75, 3.05) is 0 Å². The first-order valence-corrected chi connectivity index (χ1v) is 17.7. The average Bonchev–Trinajstić information content (AvgIpc) is 2.50. The van der Waals surface area contributed by atoms with E-state index in [2.05, 4.69) is 117 Å². The quantitative estimate of drug-likeness (QED) is 0.476. The van der Waals surface area contributed by atoms with Crippen molar-refractivity contribution in [2.24, 2.45) is 0 Å². The molecule has 0 bridgehead atoms. The molecular weight excluding hydrogens is 368 g/mol. The van der Waals surface area contributed by atoms with Crippen LogP contribution in [0.25, 0.3) is 11.1 Å². The van der Waals surface area contributed by atoms with E-state index in [1.54, 1.807) is 10.4 Å². The first-order valence-electron chi connectivity index (χ1n) is 10.7. The standard InChI is InChI=1S/C26H42Si2/c1-25(2,3)21-13-19(15-23(17-21)27(7,8)9)20-14-22(26(4,5)6)18-24(16-20)28(10,11)12/h13-18H,1-12H3. The molecule has 2 rings (SSSR count). The lowest BCUT2D eigenvalue weighted by Crippen LogP contribution is -2.39. The van der Waals surface area contributed by atoms with E-state index in [9.17, 15) is 0 Å². The van der Waals surface area contributed by atoms with Crippen LogP contribution in [0, 0.1) is 0 Å². The first kappa shape index (κ1) is 23.2. The Balaban J connectivity index is 2.83. The molecule has 28 heavy (non-hydrogen) atoms. The molecule has 2 aromatic rings. The molecule has 0 aromatic heterocycles. The van der Waals surface area contributed by atoms with Crippen LogP contribution in [0.2, 0.25) is 39.3 Å². The van der Waals surface area contributed by atoms with Gasteiger partial charge in [-0.25, -0.2) is 0 Å². The lowest BCUT2D eigenvalue weighted by Gasteiger charge is -2.27. The molecule has 0 N–H and O–H groups in total. The van der Waals surface area contributed by atoms with Crippen LogP contribution in [0.15, 0.2) is 36.4 Å². The fourth-order valence-corrected chi connectivity index (χ4v) is 5.67. The van der Waals surface area contributed by atoms with Crippen LogP contribution in [0.5, 0.6) is 0 Å². The van der Waals surface area contributed by atoms with Crippen LogP contribution in [0.1, 0.15) is 52.7 Å². The molecule has 0 heterocycles. The van der Waals surface area contributed by atoms with Crippen LogP contribution >= 0.6 is 0 Å². The lowest BCUT2D eigenvalue weighted by molar-refractivity contribution is 0.590. The van der Waals surface area contributed by atoms with Crippen LogP contribution in [0.3, 0.4) is 0 Å². The molecule has 0 atom stereocenters. The molecule has 0 aliphatic heterocycles. The van der Waals surface area contributed by atoms with E-state index < -0.39 is 16.1 Å². The van der Waals surface area contributed by atoms with Gasteiger partial charge in [-0.3, -0.25) is 0 Å². The Morgan fingerprint density at radius 3 is 0.964 bits per heavy atom. The van der Waals surface area contributed by atoms with Crippen molar-refractivity contribution in [2.45, 2.75) is 91.7 Å². The van der Waals surface area contributed by atoms with Crippen molar-refractivity contribution in [3.63, 3.8) is 0 Å². The Labute approximate surface area is 176 Å². The summed E-state index contributed by atoms with van der Waals surface area (Å²) in [4.78, 5) is 0. The van der Waals surface area contributed by atoms with E-state index in [1.807, 2.05) is 0 Å². The van der Waals surface area contributed by atoms with Crippen molar-refractivity contribution < 1.29 is 0 Å². The van der Waals surface area contributed by atoms with Gasteiger partial charge in [-0.2, -0.15) is 0 Å². The predicted molar refractivity (Wildman–Crippen MR) is 135 cm³/mol. The molecule has 2 heteroatoms. The highest BCUT2D eigenvalue weighted by atomic mass is 28.3. The van der Waals surface area contributed by atoms with Gasteiger partial charge in [0.1, 0.15) is 0 Å². The van der Waals surface area contributed by atoms with Crippen LogP contribution in [0.4, 0.5) is 0 Å². The monoisotopic (exact) mass is 410 g/mol. The Bertz CT molecular complexity index is 710. The summed E-state index contributed by atoms with van der Waals surface area (Å²) in [6.07, 6.45) is 0. The highest BCUT2D eigenvalue weighted by Gasteiger charge is 2.25. The van der Waals surface area contributed by atoms with Crippen molar-refractivity contribution >= 4 is 26.5 Å². The molecule has 0 nitrogen and oxygen atoms in total. The average molecular weight is 411 g/mol. The van der Waals surface area contributed by atoms with E-state index in [0.29, 0.717) is 0 Å². The van der Waals surface area contributed by atoms with E-state index >= 15 is 0 Å². The molecule has 0 amide bonds. The second kappa shape index (κ2) is 7.29. The SMILES string of the molecule is CC(C)(C)c1cc(-c2cc(C(C)(C)C)cc([Si](C)(C)C)c2)cc([Si](C)(C)C)c1. The normalized spacial score (nSPS) is 13.7. The minimum atomic E-state index is -1.40. The van der Waals surface area contributed by atoms with E-state index in [1.165, 1.54) is 22.3 Å².